The van der Waals surface area contributed by atoms with Gasteiger partial charge in [-0.25, -0.2) is 9.97 Å². The number of aromatic nitrogens is 4. The van der Waals surface area contributed by atoms with Gasteiger partial charge in [0, 0.05) is 31.2 Å². The van der Waals surface area contributed by atoms with Crippen molar-refractivity contribution < 1.29 is 9.53 Å². The predicted molar refractivity (Wildman–Crippen MR) is 119 cm³/mol. The highest BCUT2D eigenvalue weighted by Crippen LogP contribution is 2.31. The maximum absolute atomic E-state index is 13.0. The van der Waals surface area contributed by atoms with Crippen LogP contribution in [0.3, 0.4) is 0 Å². The lowest BCUT2D eigenvalue weighted by Gasteiger charge is -2.25. The van der Waals surface area contributed by atoms with Crippen molar-refractivity contribution in [2.24, 2.45) is 7.05 Å². The zero-order valence-electron chi connectivity index (χ0n) is 17.1. The number of anilines is 2. The first-order chi connectivity index (χ1) is 14.5. The van der Waals surface area contributed by atoms with Crippen LogP contribution in [-0.2, 0) is 11.8 Å². The molecule has 1 fully saturated rings. The standard InChI is InChI=1S/C21H22N6O2S/c1-12-16(11-15-13(2)25-26(3)19(15)22-12)20(28)23-14-4-5-17-18(10-14)30-21(24-17)27-6-8-29-9-7-27/h4-5,10-11H,6-9H2,1-3H3,(H,23,28). The van der Waals surface area contributed by atoms with Crippen molar-refractivity contribution in [1.29, 1.82) is 0 Å². The molecule has 0 unspecified atom stereocenters. The van der Waals surface area contributed by atoms with Crippen LogP contribution in [0.15, 0.2) is 24.3 Å². The molecule has 9 heteroatoms. The van der Waals surface area contributed by atoms with Gasteiger partial charge in [-0.2, -0.15) is 5.10 Å². The molecular weight excluding hydrogens is 400 g/mol. The first-order valence-corrected chi connectivity index (χ1v) is 10.7. The van der Waals surface area contributed by atoms with Crippen molar-refractivity contribution in [2.75, 3.05) is 36.5 Å². The number of nitrogens with one attached hydrogen (secondary N) is 1. The fourth-order valence-corrected chi connectivity index (χ4v) is 4.80. The number of thiazole rings is 1. The van der Waals surface area contributed by atoms with Crippen LogP contribution in [0.25, 0.3) is 21.3 Å². The molecule has 0 saturated carbocycles. The molecule has 0 aliphatic carbocycles. The average molecular weight is 423 g/mol. The number of rotatable bonds is 3. The summed E-state index contributed by atoms with van der Waals surface area (Å²) in [5.41, 5.74) is 4.55. The molecule has 154 valence electrons. The zero-order chi connectivity index (χ0) is 20.8. The van der Waals surface area contributed by atoms with Crippen molar-refractivity contribution in [2.45, 2.75) is 13.8 Å². The number of pyridine rings is 1. The molecule has 0 bridgehead atoms. The second kappa shape index (κ2) is 7.33. The summed E-state index contributed by atoms with van der Waals surface area (Å²) < 4.78 is 8.21. The Hall–Kier alpha value is -3.04. The molecule has 4 aromatic rings. The Morgan fingerprint density at radius 1 is 1.13 bits per heavy atom. The summed E-state index contributed by atoms with van der Waals surface area (Å²) in [6.45, 7) is 6.93. The van der Waals surface area contributed by atoms with Gasteiger partial charge in [0.1, 0.15) is 0 Å². The van der Waals surface area contributed by atoms with Crippen LogP contribution < -0.4 is 10.2 Å². The highest BCUT2D eigenvalue weighted by molar-refractivity contribution is 7.22. The van der Waals surface area contributed by atoms with Crippen LogP contribution in [0.1, 0.15) is 21.7 Å². The minimum Gasteiger partial charge on any atom is -0.378 e. The van der Waals surface area contributed by atoms with Gasteiger partial charge in [-0.05, 0) is 38.1 Å². The highest BCUT2D eigenvalue weighted by atomic mass is 32.1. The summed E-state index contributed by atoms with van der Waals surface area (Å²) in [5, 5.41) is 9.29. The van der Waals surface area contributed by atoms with Gasteiger partial charge in [-0.1, -0.05) is 11.3 Å². The fourth-order valence-electron chi connectivity index (χ4n) is 3.74. The summed E-state index contributed by atoms with van der Waals surface area (Å²) in [4.78, 5) is 24.5. The van der Waals surface area contributed by atoms with Crippen LogP contribution in [0.4, 0.5) is 10.8 Å². The van der Waals surface area contributed by atoms with Crippen molar-refractivity contribution in [3.8, 4) is 0 Å². The third kappa shape index (κ3) is 3.29. The molecule has 30 heavy (non-hydrogen) atoms. The molecule has 0 radical (unpaired) electrons. The normalized spacial score (nSPS) is 14.6. The minimum atomic E-state index is -0.178. The molecule has 4 heterocycles. The van der Waals surface area contributed by atoms with Crippen molar-refractivity contribution in [3.05, 3.63) is 41.2 Å². The fraction of sp³-hybridized carbons (Fsp3) is 0.333. The maximum Gasteiger partial charge on any atom is 0.257 e. The van der Waals surface area contributed by atoms with E-state index in [1.165, 1.54) is 0 Å². The molecule has 1 N–H and O–H groups in total. The molecule has 0 atom stereocenters. The van der Waals surface area contributed by atoms with Gasteiger partial charge in [0.05, 0.1) is 40.4 Å². The van der Waals surface area contributed by atoms with Crippen molar-refractivity contribution in [3.63, 3.8) is 0 Å². The first-order valence-electron chi connectivity index (χ1n) is 9.85. The third-order valence-electron chi connectivity index (χ3n) is 5.35. The predicted octanol–water partition coefficient (Wildman–Crippen LogP) is 3.28. The van der Waals surface area contributed by atoms with Gasteiger partial charge in [0.25, 0.3) is 5.91 Å². The first kappa shape index (κ1) is 19.0. The molecule has 0 spiro atoms. The topological polar surface area (TPSA) is 85.2 Å². The lowest BCUT2D eigenvalue weighted by atomic mass is 10.1. The quantitative estimate of drug-likeness (QED) is 0.545. The lowest BCUT2D eigenvalue weighted by molar-refractivity contribution is 0.102. The smallest absolute Gasteiger partial charge is 0.257 e. The number of carbonyl (C=O) groups excluding carboxylic acids is 1. The number of carbonyl (C=O) groups is 1. The monoisotopic (exact) mass is 422 g/mol. The Balaban J connectivity index is 1.42. The number of amides is 1. The molecule has 1 aliphatic rings. The number of benzene rings is 1. The van der Waals surface area contributed by atoms with Crippen molar-refractivity contribution >= 4 is 49.3 Å². The molecule has 8 nitrogen and oxygen atoms in total. The maximum atomic E-state index is 13.0. The van der Waals surface area contributed by atoms with E-state index in [1.807, 2.05) is 45.2 Å². The number of hydrogen-bond donors (Lipinski definition) is 1. The van der Waals surface area contributed by atoms with E-state index in [9.17, 15) is 4.79 Å². The summed E-state index contributed by atoms with van der Waals surface area (Å²) in [6, 6.07) is 7.69. The molecule has 1 aromatic carbocycles. The van der Waals surface area contributed by atoms with Gasteiger partial charge in [-0.3, -0.25) is 9.48 Å². The Morgan fingerprint density at radius 2 is 1.93 bits per heavy atom. The summed E-state index contributed by atoms with van der Waals surface area (Å²) >= 11 is 1.64. The van der Waals surface area contributed by atoms with Crippen LogP contribution in [0.5, 0.6) is 0 Å². The van der Waals surface area contributed by atoms with E-state index in [0.29, 0.717) is 11.3 Å². The number of morpholine rings is 1. The molecule has 1 saturated heterocycles. The van der Waals surface area contributed by atoms with Gasteiger partial charge in [0.2, 0.25) is 0 Å². The van der Waals surface area contributed by atoms with Crippen LogP contribution >= 0.6 is 11.3 Å². The lowest BCUT2D eigenvalue weighted by Crippen LogP contribution is -2.36. The molecule has 5 rings (SSSR count). The molecule has 1 aliphatic heterocycles. The number of hydrogen-bond acceptors (Lipinski definition) is 7. The van der Waals surface area contributed by atoms with E-state index in [0.717, 1.165) is 64.1 Å². The molecule has 1 amide bonds. The third-order valence-corrected chi connectivity index (χ3v) is 6.43. The zero-order valence-corrected chi connectivity index (χ0v) is 17.9. The van der Waals surface area contributed by atoms with Gasteiger partial charge < -0.3 is 15.0 Å². The van der Waals surface area contributed by atoms with Gasteiger partial charge in [0.15, 0.2) is 10.8 Å². The SMILES string of the molecule is Cc1nc2c(cc1C(=O)Nc1ccc3nc(N4CCOCC4)sc3c1)c(C)nn2C. The second-order valence-corrected chi connectivity index (χ2v) is 8.44. The highest BCUT2D eigenvalue weighted by Gasteiger charge is 2.18. The second-order valence-electron chi connectivity index (χ2n) is 7.43. The summed E-state index contributed by atoms with van der Waals surface area (Å²) in [7, 11) is 1.86. The van der Waals surface area contributed by atoms with E-state index < -0.39 is 0 Å². The van der Waals surface area contributed by atoms with E-state index in [4.69, 9.17) is 9.72 Å². The average Bonchev–Trinajstić information content (AvgIpc) is 3.28. The van der Waals surface area contributed by atoms with Crippen LogP contribution in [0, 0.1) is 13.8 Å². The molecule has 3 aromatic heterocycles. The Labute approximate surface area is 177 Å². The van der Waals surface area contributed by atoms with E-state index in [-0.39, 0.29) is 5.91 Å². The largest absolute Gasteiger partial charge is 0.378 e. The van der Waals surface area contributed by atoms with Crippen LogP contribution in [0.2, 0.25) is 0 Å². The van der Waals surface area contributed by atoms with Gasteiger partial charge in [-0.15, -0.1) is 0 Å². The van der Waals surface area contributed by atoms with E-state index >= 15 is 0 Å². The minimum absolute atomic E-state index is 0.178. The summed E-state index contributed by atoms with van der Waals surface area (Å²) in [5.74, 6) is -0.178. The Morgan fingerprint density at radius 3 is 2.73 bits per heavy atom. The van der Waals surface area contributed by atoms with Gasteiger partial charge >= 0.3 is 0 Å². The van der Waals surface area contributed by atoms with E-state index in [1.54, 1.807) is 16.0 Å². The Kier molecular flexibility index (Phi) is 4.63. The Bertz CT molecular complexity index is 1270. The van der Waals surface area contributed by atoms with E-state index in [2.05, 4.69) is 20.3 Å². The summed E-state index contributed by atoms with van der Waals surface area (Å²) in [6.07, 6.45) is 0. The molecular formula is C21H22N6O2S. The number of fused-ring (bicyclic) bond motifs is 2. The number of aryl methyl sites for hydroxylation is 3. The number of ether oxygens (including phenoxy) is 1. The number of nitrogens with zero attached hydrogens (tertiary/aromatic N) is 5. The van der Waals surface area contributed by atoms with Crippen molar-refractivity contribution in [1.82, 2.24) is 19.7 Å². The van der Waals surface area contributed by atoms with Crippen LogP contribution in [-0.4, -0.2) is 52.0 Å².